The smallest absolute Gasteiger partial charge is 0.265 e. The van der Waals surface area contributed by atoms with Crippen LogP contribution in [-0.4, -0.2) is 38.2 Å². The molecule has 0 saturated heterocycles. The number of nitrogen functional groups attached to an aromatic ring is 1. The third-order valence-electron chi connectivity index (χ3n) is 2.19. The van der Waals surface area contributed by atoms with Crippen molar-refractivity contribution in [3.63, 3.8) is 0 Å². The molecule has 8 nitrogen and oxygen atoms in total. The second-order valence-electron chi connectivity index (χ2n) is 4.63. The number of rotatable bonds is 7. The van der Waals surface area contributed by atoms with Crippen LogP contribution in [0.1, 0.15) is 23.5 Å². The summed E-state index contributed by atoms with van der Waals surface area (Å²) in [4.78, 5) is 16.1. The molecule has 1 aromatic heterocycles. The molecule has 1 heterocycles. The normalized spacial score (nSPS) is 11.6. The van der Waals surface area contributed by atoms with E-state index in [4.69, 9.17) is 10.9 Å². The molecule has 0 fully saturated rings. The lowest BCUT2D eigenvalue weighted by Crippen LogP contribution is -2.31. The Morgan fingerprint density at radius 3 is 2.65 bits per heavy atom. The largest absolute Gasteiger partial charge is 0.382 e. The quantitative estimate of drug-likeness (QED) is 0.549. The number of nitrogens with two attached hydrogens (primary N) is 2. The van der Waals surface area contributed by atoms with E-state index in [1.807, 2.05) is 13.8 Å². The minimum Gasteiger partial charge on any atom is -0.382 e. The molecule has 20 heavy (non-hydrogen) atoms. The molecule has 1 amide bonds. The van der Waals surface area contributed by atoms with Crippen molar-refractivity contribution < 1.29 is 13.2 Å². The van der Waals surface area contributed by atoms with E-state index in [-0.39, 0.29) is 23.0 Å². The lowest BCUT2D eigenvalue weighted by atomic mass is 10.2. The maximum Gasteiger partial charge on any atom is 0.265 e. The van der Waals surface area contributed by atoms with Gasteiger partial charge in [0.1, 0.15) is 10.7 Å². The van der Waals surface area contributed by atoms with Gasteiger partial charge in [0.05, 0.1) is 5.75 Å². The van der Waals surface area contributed by atoms with Crippen LogP contribution in [0, 0.1) is 5.92 Å². The minimum atomic E-state index is -3.60. The summed E-state index contributed by atoms with van der Waals surface area (Å²) in [6.07, 6.45) is 0. The molecule has 0 spiro atoms. The number of amides is 1. The molecule has 114 valence electrons. The van der Waals surface area contributed by atoms with Gasteiger partial charge < -0.3 is 16.4 Å². The van der Waals surface area contributed by atoms with Gasteiger partial charge >= 0.3 is 0 Å². The van der Waals surface area contributed by atoms with E-state index >= 15 is 0 Å². The molecule has 0 bridgehead atoms. The summed E-state index contributed by atoms with van der Waals surface area (Å²) in [6.45, 7) is 4.75. The Morgan fingerprint density at radius 1 is 1.45 bits per heavy atom. The third kappa shape index (κ3) is 5.72. The second kappa shape index (κ2) is 6.86. The van der Waals surface area contributed by atoms with Crippen molar-refractivity contribution >= 4 is 38.2 Å². The van der Waals surface area contributed by atoms with Crippen LogP contribution in [0.5, 0.6) is 0 Å². The summed E-state index contributed by atoms with van der Waals surface area (Å²) in [6, 6.07) is 0. The van der Waals surface area contributed by atoms with E-state index in [0.717, 1.165) is 17.9 Å². The van der Waals surface area contributed by atoms with E-state index in [2.05, 4.69) is 15.6 Å². The molecule has 0 atom stereocenters. The Bertz CT molecular complexity index is 567. The topological polar surface area (TPSA) is 140 Å². The monoisotopic (exact) mass is 321 g/mol. The van der Waals surface area contributed by atoms with E-state index in [0.29, 0.717) is 11.0 Å². The zero-order valence-corrected chi connectivity index (χ0v) is 13.0. The number of carbonyl (C=O) groups is 1. The van der Waals surface area contributed by atoms with Gasteiger partial charge in [-0.2, -0.15) is 0 Å². The molecule has 10 heteroatoms. The van der Waals surface area contributed by atoms with Gasteiger partial charge in [0.25, 0.3) is 5.91 Å². The average molecular weight is 321 g/mol. The average Bonchev–Trinajstić information content (AvgIpc) is 2.66. The van der Waals surface area contributed by atoms with Crippen molar-refractivity contribution in [2.75, 3.05) is 29.9 Å². The molecule has 0 aliphatic carbocycles. The van der Waals surface area contributed by atoms with Crippen LogP contribution >= 0.6 is 11.3 Å². The van der Waals surface area contributed by atoms with Gasteiger partial charge in [0.15, 0.2) is 5.13 Å². The highest BCUT2D eigenvalue weighted by Crippen LogP contribution is 2.24. The summed E-state index contributed by atoms with van der Waals surface area (Å²) >= 11 is 1.13. The number of sulfonamides is 1. The first-order chi connectivity index (χ1) is 9.19. The number of nitrogens with one attached hydrogen (secondary N) is 2. The van der Waals surface area contributed by atoms with Gasteiger partial charge in [0.2, 0.25) is 10.0 Å². The maximum atomic E-state index is 11.8. The first kappa shape index (κ1) is 16.7. The molecule has 6 N–H and O–H groups in total. The number of hydrogen-bond donors (Lipinski definition) is 4. The molecule has 0 unspecified atom stereocenters. The Kier molecular flexibility index (Phi) is 5.72. The number of primary sulfonamides is 1. The van der Waals surface area contributed by atoms with Gasteiger partial charge in [-0.25, -0.2) is 18.5 Å². The number of anilines is 2. The number of thiazole rings is 1. The van der Waals surface area contributed by atoms with Crippen LogP contribution in [0.4, 0.5) is 10.9 Å². The molecule has 0 saturated carbocycles. The predicted octanol–water partition coefficient (Wildman–Crippen LogP) is -0.188. The van der Waals surface area contributed by atoms with Gasteiger partial charge in [0, 0.05) is 13.1 Å². The van der Waals surface area contributed by atoms with E-state index in [1.165, 1.54) is 0 Å². The van der Waals surface area contributed by atoms with E-state index < -0.39 is 15.9 Å². The van der Waals surface area contributed by atoms with Crippen molar-refractivity contribution in [1.29, 1.82) is 0 Å². The van der Waals surface area contributed by atoms with E-state index in [9.17, 15) is 13.2 Å². The molecular weight excluding hydrogens is 302 g/mol. The maximum absolute atomic E-state index is 11.8. The number of hydrogen-bond acceptors (Lipinski definition) is 7. The van der Waals surface area contributed by atoms with Crippen molar-refractivity contribution in [1.82, 2.24) is 10.3 Å². The fourth-order valence-corrected chi connectivity index (χ4v) is 2.44. The minimum absolute atomic E-state index is 0.0657. The zero-order valence-electron chi connectivity index (χ0n) is 11.3. The first-order valence-corrected chi connectivity index (χ1v) is 8.51. The van der Waals surface area contributed by atoms with Crippen LogP contribution in [-0.2, 0) is 10.0 Å². The number of carbonyl (C=O) groups excluding carboxylic acids is 1. The van der Waals surface area contributed by atoms with Gasteiger partial charge in [-0.1, -0.05) is 25.2 Å². The van der Waals surface area contributed by atoms with Gasteiger partial charge in [-0.3, -0.25) is 4.79 Å². The number of aromatic nitrogens is 1. The summed E-state index contributed by atoms with van der Waals surface area (Å²) in [5, 5.41) is 10.9. The lowest BCUT2D eigenvalue weighted by molar-refractivity contribution is 0.0961. The highest BCUT2D eigenvalue weighted by molar-refractivity contribution is 7.89. The van der Waals surface area contributed by atoms with Crippen molar-refractivity contribution in [2.24, 2.45) is 11.1 Å². The predicted molar refractivity (Wildman–Crippen MR) is 80.2 cm³/mol. The van der Waals surface area contributed by atoms with Crippen LogP contribution in [0.2, 0.25) is 0 Å². The summed E-state index contributed by atoms with van der Waals surface area (Å²) < 4.78 is 21.5. The molecule has 0 aromatic carbocycles. The Morgan fingerprint density at radius 2 is 2.10 bits per heavy atom. The fraction of sp³-hybridized carbons (Fsp3) is 0.600. The molecule has 0 aliphatic rings. The molecule has 1 rings (SSSR count). The zero-order chi connectivity index (χ0) is 15.3. The molecule has 1 aromatic rings. The molecular formula is C10H19N5O3S2. The summed E-state index contributed by atoms with van der Waals surface area (Å²) in [5.74, 6) is -0.224. The summed E-state index contributed by atoms with van der Waals surface area (Å²) in [5.41, 5.74) is 5.66. The highest BCUT2D eigenvalue weighted by Gasteiger charge is 2.16. The van der Waals surface area contributed by atoms with Gasteiger partial charge in [-0.05, 0) is 5.92 Å². The Hall–Kier alpha value is -1.39. The van der Waals surface area contributed by atoms with Crippen molar-refractivity contribution in [3.8, 4) is 0 Å². The Labute approximate surface area is 122 Å². The Balaban J connectivity index is 2.60. The van der Waals surface area contributed by atoms with Crippen LogP contribution < -0.4 is 21.5 Å². The van der Waals surface area contributed by atoms with Crippen molar-refractivity contribution in [2.45, 2.75) is 13.8 Å². The SMILES string of the molecule is CC(C)CNc1nc(N)c(C(=O)NCCS(N)(=O)=O)s1. The van der Waals surface area contributed by atoms with E-state index in [1.54, 1.807) is 0 Å². The number of nitrogens with zero attached hydrogens (tertiary/aromatic N) is 1. The second-order valence-corrected chi connectivity index (χ2v) is 7.36. The van der Waals surface area contributed by atoms with Crippen molar-refractivity contribution in [3.05, 3.63) is 4.88 Å². The van der Waals surface area contributed by atoms with Crippen LogP contribution in [0.15, 0.2) is 0 Å². The lowest BCUT2D eigenvalue weighted by Gasteiger charge is -2.04. The van der Waals surface area contributed by atoms with Crippen LogP contribution in [0.3, 0.4) is 0 Å². The fourth-order valence-electron chi connectivity index (χ4n) is 1.25. The molecule has 0 aliphatic heterocycles. The summed E-state index contributed by atoms with van der Waals surface area (Å²) in [7, 11) is -3.60. The standard InChI is InChI=1S/C10H19N5O3S2/c1-6(2)5-14-10-15-8(11)7(19-10)9(16)13-3-4-20(12,17)18/h6H,3-5,11H2,1-2H3,(H,13,16)(H,14,15)(H2,12,17,18). The first-order valence-electron chi connectivity index (χ1n) is 5.98. The highest BCUT2D eigenvalue weighted by atomic mass is 32.2. The van der Waals surface area contributed by atoms with Crippen LogP contribution in [0.25, 0.3) is 0 Å². The third-order valence-corrected chi connectivity index (χ3v) is 3.99. The van der Waals surface area contributed by atoms with Gasteiger partial charge in [-0.15, -0.1) is 0 Å². The molecule has 0 radical (unpaired) electrons.